The summed E-state index contributed by atoms with van der Waals surface area (Å²) in [4.78, 5) is 12.1. The van der Waals surface area contributed by atoms with Crippen LogP contribution in [0.25, 0.3) is 0 Å². The topological polar surface area (TPSA) is 119 Å². The summed E-state index contributed by atoms with van der Waals surface area (Å²) in [6, 6.07) is 17.0. The second-order valence-electron chi connectivity index (χ2n) is 6.26. The highest BCUT2D eigenvalue weighted by atomic mass is 32.1. The van der Waals surface area contributed by atoms with Crippen molar-refractivity contribution in [1.82, 2.24) is 25.7 Å². The van der Waals surface area contributed by atoms with E-state index in [2.05, 4.69) is 38.4 Å². The van der Waals surface area contributed by atoms with E-state index in [9.17, 15) is 4.79 Å². The molecule has 1 aromatic heterocycles. The number of ether oxygens (including phenoxy) is 1. The summed E-state index contributed by atoms with van der Waals surface area (Å²) in [5.74, 6) is 0.531. The molecule has 2 aromatic carbocycles. The lowest BCUT2D eigenvalue weighted by atomic mass is 10.2. The van der Waals surface area contributed by atoms with E-state index in [4.69, 9.17) is 10.5 Å². The largest absolute Gasteiger partial charge is 0.487 e. The maximum atomic E-state index is 12.1. The zero-order valence-electron chi connectivity index (χ0n) is 16.1. The van der Waals surface area contributed by atoms with E-state index in [1.807, 2.05) is 54.6 Å². The molecule has 0 fully saturated rings. The van der Waals surface area contributed by atoms with Crippen molar-refractivity contribution in [3.63, 3.8) is 0 Å². The van der Waals surface area contributed by atoms with Gasteiger partial charge in [-0.3, -0.25) is 10.2 Å². The molecule has 0 aliphatic heterocycles. The first-order valence-corrected chi connectivity index (χ1v) is 9.50. The van der Waals surface area contributed by atoms with Gasteiger partial charge in [0.05, 0.1) is 12.4 Å². The van der Waals surface area contributed by atoms with Gasteiger partial charge in [-0.1, -0.05) is 35.5 Å². The van der Waals surface area contributed by atoms with Crippen LogP contribution in [0.15, 0.2) is 65.9 Å². The lowest BCUT2D eigenvalue weighted by molar-refractivity contribution is -0.122. The molecule has 0 spiro atoms. The molecule has 0 aliphatic carbocycles. The van der Waals surface area contributed by atoms with Gasteiger partial charge in [-0.25, -0.2) is 4.68 Å². The molecule has 0 saturated heterocycles. The molecule has 0 atom stereocenters. The fourth-order valence-electron chi connectivity index (χ4n) is 2.46. The van der Waals surface area contributed by atoms with E-state index in [1.54, 1.807) is 12.4 Å². The number of hydrazone groups is 1. The third-order valence-corrected chi connectivity index (χ3v) is 3.97. The second kappa shape index (κ2) is 10.7. The Kier molecular flexibility index (Phi) is 7.45. The van der Waals surface area contributed by atoms with E-state index in [0.717, 1.165) is 11.1 Å². The van der Waals surface area contributed by atoms with E-state index in [0.29, 0.717) is 18.0 Å². The van der Waals surface area contributed by atoms with Gasteiger partial charge in [-0.2, -0.15) is 5.10 Å². The summed E-state index contributed by atoms with van der Waals surface area (Å²) in [5, 5.41) is 14.8. The first-order valence-electron chi connectivity index (χ1n) is 9.09. The third-order valence-electron chi connectivity index (χ3n) is 3.88. The van der Waals surface area contributed by atoms with Crippen molar-refractivity contribution in [2.24, 2.45) is 10.8 Å². The van der Waals surface area contributed by atoms with Crippen LogP contribution >= 0.6 is 12.2 Å². The van der Waals surface area contributed by atoms with Crippen molar-refractivity contribution in [3.8, 4) is 5.75 Å². The number of hydrogen-bond acceptors (Lipinski definition) is 6. The molecule has 0 aliphatic rings. The van der Waals surface area contributed by atoms with Crippen LogP contribution in [0.5, 0.6) is 5.75 Å². The number of benzene rings is 2. The Hall–Kier alpha value is -3.79. The Morgan fingerprint density at radius 1 is 1.20 bits per heavy atom. The average Bonchev–Trinajstić information content (AvgIpc) is 3.19. The van der Waals surface area contributed by atoms with Crippen LogP contribution in [0.1, 0.15) is 16.8 Å². The number of carbonyl (C=O) groups excluding carboxylic acids is 1. The Morgan fingerprint density at radius 2 is 1.97 bits per heavy atom. The number of aromatic nitrogens is 3. The van der Waals surface area contributed by atoms with E-state index < -0.39 is 0 Å². The molecule has 9 nitrogen and oxygen atoms in total. The Bertz CT molecular complexity index is 1000. The van der Waals surface area contributed by atoms with Gasteiger partial charge in [0, 0.05) is 6.54 Å². The number of thiocarbonyl (C=S) groups is 1. The maximum Gasteiger partial charge on any atom is 0.242 e. The van der Waals surface area contributed by atoms with Crippen molar-refractivity contribution in [2.75, 3.05) is 0 Å². The summed E-state index contributed by atoms with van der Waals surface area (Å²) in [7, 11) is 0. The maximum absolute atomic E-state index is 12.1. The summed E-state index contributed by atoms with van der Waals surface area (Å²) in [5.41, 5.74) is 10.3. The van der Waals surface area contributed by atoms with Crippen LogP contribution in [0.4, 0.5) is 0 Å². The molecule has 1 heterocycles. The number of amides is 1. The summed E-state index contributed by atoms with van der Waals surface area (Å²) >= 11 is 4.67. The lowest BCUT2D eigenvalue weighted by Crippen LogP contribution is -2.27. The number of rotatable bonds is 9. The molecule has 10 heteroatoms. The molecule has 154 valence electrons. The standard InChI is InChI=1S/C20H21N7O2S/c21-20(30)25-23-11-16-6-8-18(9-7-16)29-14-17-12-27(26-24-17)13-19(28)22-10-15-4-2-1-3-5-15/h1-9,11-12H,10,13-14H2,(H,22,28)(H3,21,25,30)/b23-11+. The first-order chi connectivity index (χ1) is 14.6. The molecule has 0 bridgehead atoms. The summed E-state index contributed by atoms with van der Waals surface area (Å²) in [6.45, 7) is 0.802. The van der Waals surface area contributed by atoms with Gasteiger partial charge in [-0.05, 0) is 47.6 Å². The molecule has 30 heavy (non-hydrogen) atoms. The van der Waals surface area contributed by atoms with E-state index in [-0.39, 0.29) is 24.2 Å². The molecule has 0 unspecified atom stereocenters. The first kappa shape index (κ1) is 20.9. The highest BCUT2D eigenvalue weighted by Gasteiger charge is 2.07. The number of carbonyl (C=O) groups is 1. The second-order valence-corrected chi connectivity index (χ2v) is 6.70. The van der Waals surface area contributed by atoms with E-state index >= 15 is 0 Å². The quantitative estimate of drug-likeness (QED) is 0.270. The smallest absolute Gasteiger partial charge is 0.242 e. The van der Waals surface area contributed by atoms with Crippen molar-refractivity contribution in [3.05, 3.63) is 77.6 Å². The Balaban J connectivity index is 1.43. The van der Waals surface area contributed by atoms with Gasteiger partial charge >= 0.3 is 0 Å². The molecule has 0 radical (unpaired) electrons. The molecule has 3 rings (SSSR count). The Labute approximate surface area is 178 Å². The van der Waals surface area contributed by atoms with Gasteiger partial charge in [0.2, 0.25) is 5.91 Å². The lowest BCUT2D eigenvalue weighted by Gasteiger charge is -2.05. The van der Waals surface area contributed by atoms with Gasteiger partial charge in [-0.15, -0.1) is 5.10 Å². The normalized spacial score (nSPS) is 10.7. The SMILES string of the molecule is NC(=S)N/N=C/c1ccc(OCc2cn(CC(=O)NCc3ccccc3)nn2)cc1. The predicted molar refractivity (Wildman–Crippen MR) is 117 cm³/mol. The number of nitrogens with two attached hydrogens (primary N) is 1. The zero-order valence-corrected chi connectivity index (χ0v) is 16.9. The number of nitrogens with one attached hydrogen (secondary N) is 2. The van der Waals surface area contributed by atoms with Crippen LogP contribution in [0.3, 0.4) is 0 Å². The minimum Gasteiger partial charge on any atom is -0.487 e. The van der Waals surface area contributed by atoms with Crippen LogP contribution in [0.2, 0.25) is 0 Å². The van der Waals surface area contributed by atoms with Gasteiger partial charge < -0.3 is 15.8 Å². The van der Waals surface area contributed by atoms with Crippen LogP contribution < -0.4 is 21.2 Å². The predicted octanol–water partition coefficient (Wildman–Crippen LogP) is 1.34. The molecular formula is C20H21N7O2S. The number of nitrogens with zero attached hydrogens (tertiary/aromatic N) is 4. The van der Waals surface area contributed by atoms with Gasteiger partial charge in [0.1, 0.15) is 24.6 Å². The molecule has 0 saturated carbocycles. The molecule has 1 amide bonds. The van der Waals surface area contributed by atoms with Gasteiger partial charge in [0.15, 0.2) is 5.11 Å². The Morgan fingerprint density at radius 3 is 2.70 bits per heavy atom. The third kappa shape index (κ3) is 6.99. The van der Waals surface area contributed by atoms with Crippen molar-refractivity contribution < 1.29 is 9.53 Å². The minimum atomic E-state index is -0.140. The highest BCUT2D eigenvalue weighted by molar-refractivity contribution is 7.80. The average molecular weight is 424 g/mol. The van der Waals surface area contributed by atoms with Crippen molar-refractivity contribution in [1.29, 1.82) is 0 Å². The van der Waals surface area contributed by atoms with Crippen molar-refractivity contribution in [2.45, 2.75) is 19.7 Å². The minimum absolute atomic E-state index is 0.0914. The monoisotopic (exact) mass is 423 g/mol. The summed E-state index contributed by atoms with van der Waals surface area (Å²) in [6.07, 6.45) is 3.28. The molecule has 3 aromatic rings. The molecular weight excluding hydrogens is 402 g/mol. The zero-order chi connectivity index (χ0) is 21.2. The van der Waals surface area contributed by atoms with Crippen LogP contribution in [-0.4, -0.2) is 32.2 Å². The van der Waals surface area contributed by atoms with Crippen molar-refractivity contribution >= 4 is 29.5 Å². The highest BCUT2D eigenvalue weighted by Crippen LogP contribution is 2.12. The van der Waals surface area contributed by atoms with Crippen LogP contribution in [-0.2, 0) is 24.5 Å². The summed E-state index contributed by atoms with van der Waals surface area (Å²) < 4.78 is 7.18. The van der Waals surface area contributed by atoms with E-state index in [1.165, 1.54) is 4.68 Å². The fraction of sp³-hybridized carbons (Fsp3) is 0.150. The fourth-order valence-corrected chi connectivity index (χ4v) is 2.51. The van der Waals surface area contributed by atoms with Crippen LogP contribution in [0, 0.1) is 0 Å². The molecule has 4 N–H and O–H groups in total. The van der Waals surface area contributed by atoms with Gasteiger partial charge in [0.25, 0.3) is 0 Å². The number of hydrogen-bond donors (Lipinski definition) is 3.